The smallest absolute Gasteiger partial charge is 0.123 e. The molecule has 4 rings (SSSR count). The van der Waals surface area contributed by atoms with Crippen molar-refractivity contribution in [2.75, 3.05) is 0 Å². The van der Waals surface area contributed by atoms with Crippen molar-refractivity contribution in [1.82, 2.24) is 5.32 Å². The summed E-state index contributed by atoms with van der Waals surface area (Å²) in [6.07, 6.45) is 0.535. The maximum atomic E-state index is 13.5. The second kappa shape index (κ2) is 7.26. The fourth-order valence-corrected chi connectivity index (χ4v) is 4.26. The lowest BCUT2D eigenvalue weighted by Crippen LogP contribution is -2.50. The quantitative estimate of drug-likeness (QED) is 0.678. The number of hydrogen-bond acceptors (Lipinski definition) is 2. The Morgan fingerprint density at radius 1 is 0.852 bits per heavy atom. The van der Waals surface area contributed by atoms with Crippen molar-refractivity contribution in [2.24, 2.45) is 5.92 Å². The van der Waals surface area contributed by atoms with Crippen molar-refractivity contribution in [2.45, 2.75) is 31.0 Å². The Balaban J connectivity index is 1.78. The molecule has 1 heterocycles. The molecule has 0 bridgehead atoms. The molecule has 1 fully saturated rings. The third kappa shape index (κ3) is 3.41. The van der Waals surface area contributed by atoms with Crippen LogP contribution in [0, 0.1) is 11.7 Å². The Bertz CT molecular complexity index is 881. The lowest BCUT2D eigenvalue weighted by atomic mass is 9.69. The third-order valence-corrected chi connectivity index (χ3v) is 5.85. The SMILES string of the molecule is C[C@@H]1[C@H](c2ccccc2)N[C@@H](c2ccccc2)C[C@@]1(O)c1ccc(F)cc1. The normalized spacial score (nSPS) is 28.0. The van der Waals surface area contributed by atoms with E-state index in [4.69, 9.17) is 0 Å². The summed E-state index contributed by atoms with van der Waals surface area (Å²) < 4.78 is 13.5. The van der Waals surface area contributed by atoms with Crippen LogP contribution in [0.4, 0.5) is 4.39 Å². The first-order chi connectivity index (χ1) is 13.1. The summed E-state index contributed by atoms with van der Waals surface area (Å²) in [6, 6.07) is 26.7. The highest BCUT2D eigenvalue weighted by atomic mass is 19.1. The number of aliphatic hydroxyl groups is 1. The molecule has 0 spiro atoms. The van der Waals surface area contributed by atoms with Gasteiger partial charge in [-0.15, -0.1) is 0 Å². The standard InChI is InChI=1S/C24H24FNO/c1-17-23(19-10-6-3-7-11-19)26-22(18-8-4-2-5-9-18)16-24(17,27)20-12-14-21(25)15-13-20/h2-15,17,22-23,26-27H,16H2,1H3/t17-,22-,23-,24+/m1/s1. The van der Waals surface area contributed by atoms with Crippen molar-refractivity contribution in [3.63, 3.8) is 0 Å². The summed E-state index contributed by atoms with van der Waals surface area (Å²) in [7, 11) is 0. The molecule has 2 nitrogen and oxygen atoms in total. The minimum Gasteiger partial charge on any atom is -0.385 e. The maximum absolute atomic E-state index is 13.5. The summed E-state index contributed by atoms with van der Waals surface area (Å²) >= 11 is 0. The van der Waals surface area contributed by atoms with E-state index in [0.717, 1.165) is 16.7 Å². The summed E-state index contributed by atoms with van der Waals surface area (Å²) in [5.41, 5.74) is 2.00. The minimum atomic E-state index is -1.06. The molecule has 0 amide bonds. The van der Waals surface area contributed by atoms with Crippen LogP contribution in [0.15, 0.2) is 84.9 Å². The van der Waals surface area contributed by atoms with E-state index in [9.17, 15) is 9.50 Å². The number of hydrogen-bond donors (Lipinski definition) is 2. The molecule has 2 N–H and O–H groups in total. The predicted molar refractivity (Wildman–Crippen MR) is 106 cm³/mol. The first-order valence-electron chi connectivity index (χ1n) is 9.42. The number of benzene rings is 3. The van der Waals surface area contributed by atoms with Gasteiger partial charge in [-0.05, 0) is 28.8 Å². The highest BCUT2D eigenvalue weighted by Crippen LogP contribution is 2.48. The van der Waals surface area contributed by atoms with Crippen LogP contribution in [-0.2, 0) is 5.60 Å². The minimum absolute atomic E-state index is 0.00246. The summed E-state index contributed by atoms with van der Waals surface area (Å²) in [5, 5.41) is 15.5. The zero-order valence-electron chi connectivity index (χ0n) is 15.3. The lowest BCUT2D eigenvalue weighted by Gasteiger charge is -2.48. The largest absolute Gasteiger partial charge is 0.385 e. The Morgan fingerprint density at radius 3 is 2.00 bits per heavy atom. The van der Waals surface area contributed by atoms with Gasteiger partial charge < -0.3 is 10.4 Å². The van der Waals surface area contributed by atoms with Gasteiger partial charge in [0.25, 0.3) is 0 Å². The van der Waals surface area contributed by atoms with E-state index in [2.05, 4.69) is 36.5 Å². The van der Waals surface area contributed by atoms with E-state index < -0.39 is 5.60 Å². The van der Waals surface area contributed by atoms with Crippen molar-refractivity contribution in [3.05, 3.63) is 107 Å². The fraction of sp³-hybridized carbons (Fsp3) is 0.250. The molecule has 0 aromatic heterocycles. The van der Waals surface area contributed by atoms with Crippen LogP contribution in [0.3, 0.4) is 0 Å². The first-order valence-corrected chi connectivity index (χ1v) is 9.42. The average molecular weight is 361 g/mol. The van der Waals surface area contributed by atoms with E-state index in [0.29, 0.717) is 6.42 Å². The Hall–Kier alpha value is -2.49. The van der Waals surface area contributed by atoms with Gasteiger partial charge in [0, 0.05) is 24.4 Å². The van der Waals surface area contributed by atoms with Gasteiger partial charge in [0.15, 0.2) is 0 Å². The third-order valence-electron chi connectivity index (χ3n) is 5.85. The van der Waals surface area contributed by atoms with Gasteiger partial charge in [0.2, 0.25) is 0 Å². The van der Waals surface area contributed by atoms with Crippen LogP contribution in [-0.4, -0.2) is 5.11 Å². The van der Waals surface area contributed by atoms with Crippen molar-refractivity contribution >= 4 is 0 Å². The van der Waals surface area contributed by atoms with Gasteiger partial charge in [-0.3, -0.25) is 0 Å². The molecule has 138 valence electrons. The zero-order valence-corrected chi connectivity index (χ0v) is 15.3. The maximum Gasteiger partial charge on any atom is 0.123 e. The molecule has 0 unspecified atom stereocenters. The van der Waals surface area contributed by atoms with Gasteiger partial charge in [-0.1, -0.05) is 79.7 Å². The molecule has 3 heteroatoms. The Morgan fingerprint density at radius 2 is 1.41 bits per heavy atom. The Labute approximate surface area is 159 Å². The molecule has 1 aliphatic rings. The lowest BCUT2D eigenvalue weighted by molar-refractivity contribution is -0.0743. The van der Waals surface area contributed by atoms with E-state index in [1.54, 1.807) is 12.1 Å². The van der Waals surface area contributed by atoms with Crippen LogP contribution in [0.5, 0.6) is 0 Å². The molecule has 3 aromatic rings. The van der Waals surface area contributed by atoms with E-state index in [1.807, 2.05) is 36.4 Å². The van der Waals surface area contributed by atoms with Gasteiger partial charge in [-0.25, -0.2) is 4.39 Å². The second-order valence-corrected chi connectivity index (χ2v) is 7.44. The number of piperidine rings is 1. The van der Waals surface area contributed by atoms with Gasteiger partial charge in [-0.2, -0.15) is 0 Å². The molecular weight excluding hydrogens is 337 g/mol. The van der Waals surface area contributed by atoms with Crippen LogP contribution in [0.1, 0.15) is 42.1 Å². The second-order valence-electron chi connectivity index (χ2n) is 7.44. The monoisotopic (exact) mass is 361 g/mol. The average Bonchev–Trinajstić information content (AvgIpc) is 2.72. The molecular formula is C24H24FNO. The molecule has 4 atom stereocenters. The predicted octanol–water partition coefficient (Wildman–Crippen LogP) is 5.13. The Kier molecular flexibility index (Phi) is 4.81. The van der Waals surface area contributed by atoms with Gasteiger partial charge in [0.1, 0.15) is 5.82 Å². The van der Waals surface area contributed by atoms with Crippen molar-refractivity contribution in [1.29, 1.82) is 0 Å². The summed E-state index contributed by atoms with van der Waals surface area (Å²) in [5.74, 6) is -0.367. The van der Waals surface area contributed by atoms with Gasteiger partial charge in [0.05, 0.1) is 5.60 Å². The number of halogens is 1. The molecule has 0 aliphatic carbocycles. The highest BCUT2D eigenvalue weighted by Gasteiger charge is 2.47. The van der Waals surface area contributed by atoms with E-state index >= 15 is 0 Å². The summed E-state index contributed by atoms with van der Waals surface area (Å²) in [6.45, 7) is 2.06. The first kappa shape index (κ1) is 17.9. The molecule has 0 radical (unpaired) electrons. The van der Waals surface area contributed by atoms with E-state index in [-0.39, 0.29) is 23.8 Å². The van der Waals surface area contributed by atoms with Crippen molar-refractivity contribution in [3.8, 4) is 0 Å². The molecule has 0 saturated carbocycles. The fourth-order valence-electron chi connectivity index (χ4n) is 4.26. The van der Waals surface area contributed by atoms with Crippen LogP contribution < -0.4 is 5.32 Å². The summed E-state index contributed by atoms with van der Waals surface area (Å²) in [4.78, 5) is 0. The molecule has 27 heavy (non-hydrogen) atoms. The number of nitrogens with one attached hydrogen (secondary N) is 1. The van der Waals surface area contributed by atoms with E-state index in [1.165, 1.54) is 12.1 Å². The van der Waals surface area contributed by atoms with Crippen LogP contribution in [0.2, 0.25) is 0 Å². The highest BCUT2D eigenvalue weighted by molar-refractivity contribution is 5.32. The zero-order chi connectivity index (χ0) is 18.9. The molecule has 3 aromatic carbocycles. The van der Waals surface area contributed by atoms with Crippen LogP contribution >= 0.6 is 0 Å². The topological polar surface area (TPSA) is 32.3 Å². The molecule has 1 saturated heterocycles. The molecule has 1 aliphatic heterocycles. The van der Waals surface area contributed by atoms with Crippen molar-refractivity contribution < 1.29 is 9.50 Å². The number of rotatable bonds is 3. The van der Waals surface area contributed by atoms with Crippen LogP contribution in [0.25, 0.3) is 0 Å². The van der Waals surface area contributed by atoms with Gasteiger partial charge >= 0.3 is 0 Å².